The molecule has 0 spiro atoms. The standard InChI is InChI=1S/C12H15FO/c1-8-7-14-11-5-4-9(13)6-10(11)12(8,2)3/h4-6,8H,7H2,1-3H3. The van der Waals surface area contributed by atoms with E-state index in [4.69, 9.17) is 4.74 Å². The molecule has 76 valence electrons. The Kier molecular flexibility index (Phi) is 2.02. The SMILES string of the molecule is CC1COc2ccc(F)cc2C1(C)C. The van der Waals surface area contributed by atoms with Crippen molar-refractivity contribution in [2.24, 2.45) is 5.92 Å². The van der Waals surface area contributed by atoms with Crippen molar-refractivity contribution >= 4 is 0 Å². The van der Waals surface area contributed by atoms with E-state index < -0.39 is 0 Å². The maximum absolute atomic E-state index is 13.1. The van der Waals surface area contributed by atoms with E-state index in [1.165, 1.54) is 6.07 Å². The molecular weight excluding hydrogens is 179 g/mol. The summed E-state index contributed by atoms with van der Waals surface area (Å²) in [6.07, 6.45) is 0. The summed E-state index contributed by atoms with van der Waals surface area (Å²) in [7, 11) is 0. The van der Waals surface area contributed by atoms with Crippen molar-refractivity contribution in [3.8, 4) is 5.75 Å². The Morgan fingerprint density at radius 2 is 2.14 bits per heavy atom. The number of rotatable bonds is 0. The molecule has 0 saturated heterocycles. The lowest BCUT2D eigenvalue weighted by Gasteiger charge is -2.38. The second-order valence-corrected chi connectivity index (χ2v) is 4.57. The molecule has 1 aliphatic rings. The number of ether oxygens (including phenoxy) is 1. The minimum atomic E-state index is -0.186. The first kappa shape index (κ1) is 9.50. The van der Waals surface area contributed by atoms with Crippen molar-refractivity contribution in [1.82, 2.24) is 0 Å². The van der Waals surface area contributed by atoms with Crippen molar-refractivity contribution in [2.45, 2.75) is 26.2 Å². The van der Waals surface area contributed by atoms with E-state index in [2.05, 4.69) is 20.8 Å². The Morgan fingerprint density at radius 1 is 1.43 bits per heavy atom. The first-order valence-electron chi connectivity index (χ1n) is 4.94. The molecule has 0 saturated carbocycles. The van der Waals surface area contributed by atoms with Crippen molar-refractivity contribution in [3.63, 3.8) is 0 Å². The van der Waals surface area contributed by atoms with Crippen LogP contribution in [-0.2, 0) is 5.41 Å². The average molecular weight is 194 g/mol. The van der Waals surface area contributed by atoms with Crippen LogP contribution in [0.3, 0.4) is 0 Å². The first-order valence-corrected chi connectivity index (χ1v) is 4.94. The van der Waals surface area contributed by atoms with Crippen LogP contribution in [0.15, 0.2) is 18.2 Å². The molecule has 1 heterocycles. The van der Waals surface area contributed by atoms with E-state index in [0.29, 0.717) is 12.5 Å². The van der Waals surface area contributed by atoms with Crippen LogP contribution in [0.25, 0.3) is 0 Å². The lowest BCUT2D eigenvalue weighted by molar-refractivity contribution is 0.162. The van der Waals surface area contributed by atoms with Crippen LogP contribution < -0.4 is 4.74 Å². The van der Waals surface area contributed by atoms with Gasteiger partial charge in [-0.2, -0.15) is 0 Å². The fourth-order valence-corrected chi connectivity index (χ4v) is 1.82. The van der Waals surface area contributed by atoms with Gasteiger partial charge in [0.1, 0.15) is 11.6 Å². The van der Waals surface area contributed by atoms with Crippen LogP contribution in [0, 0.1) is 11.7 Å². The summed E-state index contributed by atoms with van der Waals surface area (Å²) in [6, 6.07) is 4.76. The molecule has 1 nitrogen and oxygen atoms in total. The zero-order chi connectivity index (χ0) is 10.3. The van der Waals surface area contributed by atoms with Gasteiger partial charge < -0.3 is 4.74 Å². The molecule has 1 aliphatic heterocycles. The first-order chi connectivity index (χ1) is 6.51. The summed E-state index contributed by atoms with van der Waals surface area (Å²) < 4.78 is 18.7. The van der Waals surface area contributed by atoms with Crippen LogP contribution in [0.5, 0.6) is 5.75 Å². The van der Waals surface area contributed by atoms with Crippen LogP contribution in [0.1, 0.15) is 26.3 Å². The zero-order valence-electron chi connectivity index (χ0n) is 8.80. The summed E-state index contributed by atoms with van der Waals surface area (Å²) >= 11 is 0. The fourth-order valence-electron chi connectivity index (χ4n) is 1.82. The second kappa shape index (κ2) is 2.97. The second-order valence-electron chi connectivity index (χ2n) is 4.57. The van der Waals surface area contributed by atoms with E-state index in [0.717, 1.165) is 11.3 Å². The molecule has 0 radical (unpaired) electrons. The smallest absolute Gasteiger partial charge is 0.123 e. The van der Waals surface area contributed by atoms with E-state index in [1.807, 2.05) is 0 Å². The number of benzene rings is 1. The van der Waals surface area contributed by atoms with E-state index in [9.17, 15) is 4.39 Å². The zero-order valence-corrected chi connectivity index (χ0v) is 8.80. The molecule has 14 heavy (non-hydrogen) atoms. The Labute approximate surface area is 83.9 Å². The predicted octanol–water partition coefficient (Wildman–Crippen LogP) is 3.13. The minimum absolute atomic E-state index is 0.00428. The fraction of sp³-hybridized carbons (Fsp3) is 0.500. The van der Waals surface area contributed by atoms with Gasteiger partial charge in [-0.3, -0.25) is 0 Å². The molecule has 1 unspecified atom stereocenters. The summed E-state index contributed by atoms with van der Waals surface area (Å²) in [6.45, 7) is 7.12. The van der Waals surface area contributed by atoms with E-state index in [-0.39, 0.29) is 11.2 Å². The number of fused-ring (bicyclic) bond motifs is 1. The quantitative estimate of drug-likeness (QED) is 0.616. The topological polar surface area (TPSA) is 9.23 Å². The van der Waals surface area contributed by atoms with E-state index in [1.54, 1.807) is 12.1 Å². The third-order valence-electron chi connectivity index (χ3n) is 3.36. The summed E-state index contributed by atoms with van der Waals surface area (Å²) in [5, 5.41) is 0. The van der Waals surface area contributed by atoms with Gasteiger partial charge in [0.15, 0.2) is 0 Å². The molecule has 1 aromatic rings. The average Bonchev–Trinajstić information content (AvgIpc) is 2.13. The van der Waals surface area contributed by atoms with Crippen LogP contribution in [0.4, 0.5) is 4.39 Å². The third-order valence-corrected chi connectivity index (χ3v) is 3.36. The van der Waals surface area contributed by atoms with Gasteiger partial charge in [0.25, 0.3) is 0 Å². The molecule has 2 heteroatoms. The molecule has 0 bridgehead atoms. The minimum Gasteiger partial charge on any atom is -0.493 e. The Balaban J connectivity index is 2.55. The van der Waals surface area contributed by atoms with Crippen molar-refractivity contribution in [3.05, 3.63) is 29.6 Å². The van der Waals surface area contributed by atoms with E-state index >= 15 is 0 Å². The highest BCUT2D eigenvalue weighted by molar-refractivity contribution is 5.41. The number of halogens is 1. The Bertz CT molecular complexity index is 357. The predicted molar refractivity (Wildman–Crippen MR) is 54.1 cm³/mol. The molecule has 0 N–H and O–H groups in total. The molecule has 2 rings (SSSR count). The maximum atomic E-state index is 13.1. The van der Waals surface area contributed by atoms with Crippen LogP contribution >= 0.6 is 0 Å². The molecule has 0 amide bonds. The highest BCUT2D eigenvalue weighted by Crippen LogP contribution is 2.41. The molecule has 0 aliphatic carbocycles. The Hall–Kier alpha value is -1.05. The lowest BCUT2D eigenvalue weighted by atomic mass is 9.73. The molecule has 0 aromatic heterocycles. The van der Waals surface area contributed by atoms with Gasteiger partial charge in [0, 0.05) is 5.56 Å². The van der Waals surface area contributed by atoms with Gasteiger partial charge in [-0.15, -0.1) is 0 Å². The number of hydrogen-bond acceptors (Lipinski definition) is 1. The van der Waals surface area contributed by atoms with Gasteiger partial charge in [-0.05, 0) is 29.5 Å². The van der Waals surface area contributed by atoms with Crippen molar-refractivity contribution in [2.75, 3.05) is 6.61 Å². The molecular formula is C12H15FO. The van der Waals surface area contributed by atoms with Gasteiger partial charge in [-0.1, -0.05) is 20.8 Å². The lowest BCUT2D eigenvalue weighted by Crippen LogP contribution is -2.35. The van der Waals surface area contributed by atoms with Crippen molar-refractivity contribution in [1.29, 1.82) is 0 Å². The van der Waals surface area contributed by atoms with Gasteiger partial charge in [0.05, 0.1) is 6.61 Å². The largest absolute Gasteiger partial charge is 0.493 e. The van der Waals surface area contributed by atoms with Crippen LogP contribution in [-0.4, -0.2) is 6.61 Å². The summed E-state index contributed by atoms with van der Waals surface area (Å²) in [5.74, 6) is 1.06. The normalized spacial score (nSPS) is 23.9. The maximum Gasteiger partial charge on any atom is 0.123 e. The summed E-state index contributed by atoms with van der Waals surface area (Å²) in [4.78, 5) is 0. The number of hydrogen-bond donors (Lipinski definition) is 0. The molecule has 0 fully saturated rings. The van der Waals surface area contributed by atoms with Gasteiger partial charge >= 0.3 is 0 Å². The Morgan fingerprint density at radius 3 is 2.86 bits per heavy atom. The third kappa shape index (κ3) is 1.29. The molecule has 1 atom stereocenters. The monoisotopic (exact) mass is 194 g/mol. The van der Waals surface area contributed by atoms with Crippen molar-refractivity contribution < 1.29 is 9.13 Å². The highest BCUT2D eigenvalue weighted by atomic mass is 19.1. The molecule has 1 aromatic carbocycles. The van der Waals surface area contributed by atoms with Gasteiger partial charge in [0.2, 0.25) is 0 Å². The highest BCUT2D eigenvalue weighted by Gasteiger charge is 2.35. The van der Waals surface area contributed by atoms with Crippen LogP contribution in [0.2, 0.25) is 0 Å². The van der Waals surface area contributed by atoms with Gasteiger partial charge in [-0.25, -0.2) is 4.39 Å². The summed E-state index contributed by atoms with van der Waals surface area (Å²) in [5.41, 5.74) is 0.978.